The highest BCUT2D eigenvalue weighted by atomic mass is 35.5. The first-order valence-electron chi connectivity index (χ1n) is 6.74. The molecule has 0 bridgehead atoms. The van der Waals surface area contributed by atoms with Crippen LogP contribution in [0.5, 0.6) is 0 Å². The Bertz CT molecular complexity index is 426. The molecule has 1 fully saturated rings. The van der Waals surface area contributed by atoms with Gasteiger partial charge < -0.3 is 5.32 Å². The minimum atomic E-state index is -0.343. The van der Waals surface area contributed by atoms with Crippen molar-refractivity contribution in [3.8, 4) is 0 Å². The van der Waals surface area contributed by atoms with Gasteiger partial charge in [-0.2, -0.15) is 0 Å². The Hall–Kier alpha value is -1.02. The molecule has 18 heavy (non-hydrogen) atoms. The van der Waals surface area contributed by atoms with Crippen LogP contribution in [0.3, 0.4) is 0 Å². The second-order valence-electron chi connectivity index (χ2n) is 5.02. The van der Waals surface area contributed by atoms with Crippen molar-refractivity contribution >= 4 is 17.5 Å². The van der Waals surface area contributed by atoms with Gasteiger partial charge in [-0.1, -0.05) is 49.6 Å². The highest BCUT2D eigenvalue weighted by Gasteiger charge is 2.51. The largest absolute Gasteiger partial charge is 0.355 e. The molecular weight excluding hydrogens is 246 g/mol. The van der Waals surface area contributed by atoms with Gasteiger partial charge in [-0.3, -0.25) is 4.79 Å². The smallest absolute Gasteiger partial charge is 0.230 e. The molecule has 1 aliphatic carbocycles. The van der Waals surface area contributed by atoms with Gasteiger partial charge in [0, 0.05) is 11.6 Å². The molecule has 0 heterocycles. The number of amides is 1. The van der Waals surface area contributed by atoms with E-state index in [1.54, 1.807) is 0 Å². The molecule has 1 aromatic rings. The van der Waals surface area contributed by atoms with Gasteiger partial charge >= 0.3 is 0 Å². The monoisotopic (exact) mass is 265 g/mol. The van der Waals surface area contributed by atoms with E-state index < -0.39 is 0 Å². The van der Waals surface area contributed by atoms with E-state index in [4.69, 9.17) is 11.6 Å². The number of halogens is 1. The van der Waals surface area contributed by atoms with Crippen molar-refractivity contribution in [2.45, 2.75) is 44.4 Å². The molecule has 1 amide bonds. The van der Waals surface area contributed by atoms with Gasteiger partial charge in [-0.05, 0) is 30.9 Å². The fourth-order valence-electron chi connectivity index (χ4n) is 2.34. The third-order valence-corrected chi connectivity index (χ3v) is 3.97. The zero-order valence-corrected chi connectivity index (χ0v) is 11.6. The maximum Gasteiger partial charge on any atom is 0.230 e. The summed E-state index contributed by atoms with van der Waals surface area (Å²) in [6, 6.07) is 7.69. The molecule has 0 unspecified atom stereocenters. The van der Waals surface area contributed by atoms with Crippen LogP contribution in [0, 0.1) is 0 Å². The molecule has 2 rings (SSSR count). The Balaban J connectivity index is 1.99. The first kappa shape index (κ1) is 13.4. The van der Waals surface area contributed by atoms with E-state index in [0.717, 1.165) is 31.4 Å². The van der Waals surface area contributed by atoms with Crippen LogP contribution in [0.25, 0.3) is 0 Å². The number of unbranched alkanes of at least 4 members (excludes halogenated alkanes) is 2. The molecule has 1 aliphatic rings. The lowest BCUT2D eigenvalue weighted by atomic mass is 9.95. The number of rotatable bonds is 6. The van der Waals surface area contributed by atoms with Crippen molar-refractivity contribution in [2.24, 2.45) is 0 Å². The molecule has 0 atom stereocenters. The van der Waals surface area contributed by atoms with Crippen molar-refractivity contribution in [3.63, 3.8) is 0 Å². The van der Waals surface area contributed by atoms with Gasteiger partial charge in [0.15, 0.2) is 0 Å². The molecule has 2 nitrogen and oxygen atoms in total. The van der Waals surface area contributed by atoms with Crippen molar-refractivity contribution in [1.82, 2.24) is 5.32 Å². The highest BCUT2D eigenvalue weighted by molar-refractivity contribution is 6.31. The van der Waals surface area contributed by atoms with Crippen LogP contribution in [0.1, 0.15) is 44.6 Å². The van der Waals surface area contributed by atoms with Gasteiger partial charge in [-0.15, -0.1) is 0 Å². The van der Waals surface area contributed by atoms with Crippen LogP contribution in [-0.4, -0.2) is 12.5 Å². The van der Waals surface area contributed by atoms with E-state index in [1.165, 1.54) is 12.8 Å². The summed E-state index contributed by atoms with van der Waals surface area (Å²) in [6.07, 6.45) is 5.22. The summed E-state index contributed by atoms with van der Waals surface area (Å²) >= 11 is 6.20. The first-order valence-corrected chi connectivity index (χ1v) is 7.12. The normalized spacial score (nSPS) is 16.3. The summed E-state index contributed by atoms with van der Waals surface area (Å²) in [6.45, 7) is 2.94. The lowest BCUT2D eigenvalue weighted by Gasteiger charge is -2.17. The predicted molar refractivity (Wildman–Crippen MR) is 74.9 cm³/mol. The predicted octanol–water partition coefficient (Wildman–Crippen LogP) is 3.68. The summed E-state index contributed by atoms with van der Waals surface area (Å²) in [7, 11) is 0. The summed E-state index contributed by atoms with van der Waals surface area (Å²) in [5.41, 5.74) is 0.643. The van der Waals surface area contributed by atoms with Crippen molar-refractivity contribution in [3.05, 3.63) is 34.9 Å². The van der Waals surface area contributed by atoms with Gasteiger partial charge in [0.05, 0.1) is 5.41 Å². The van der Waals surface area contributed by atoms with E-state index >= 15 is 0 Å². The van der Waals surface area contributed by atoms with Gasteiger partial charge in [0.2, 0.25) is 5.91 Å². The lowest BCUT2D eigenvalue weighted by molar-refractivity contribution is -0.123. The van der Waals surface area contributed by atoms with Crippen LogP contribution in [0.2, 0.25) is 5.02 Å². The molecule has 0 aromatic heterocycles. The highest BCUT2D eigenvalue weighted by Crippen LogP contribution is 2.50. The maximum absolute atomic E-state index is 12.3. The number of nitrogens with one attached hydrogen (secondary N) is 1. The number of benzene rings is 1. The Labute approximate surface area is 114 Å². The Kier molecular flexibility index (Phi) is 4.28. The molecule has 1 saturated carbocycles. The SMILES string of the molecule is CCCCCNC(=O)C1(c2ccccc2Cl)CC1. The fraction of sp³-hybridized carbons (Fsp3) is 0.533. The Morgan fingerprint density at radius 1 is 1.33 bits per heavy atom. The molecule has 1 aromatic carbocycles. The third kappa shape index (κ3) is 2.69. The van der Waals surface area contributed by atoms with E-state index in [2.05, 4.69) is 12.2 Å². The van der Waals surface area contributed by atoms with Crippen LogP contribution < -0.4 is 5.32 Å². The van der Waals surface area contributed by atoms with E-state index in [-0.39, 0.29) is 11.3 Å². The summed E-state index contributed by atoms with van der Waals surface area (Å²) in [5.74, 6) is 0.145. The van der Waals surface area contributed by atoms with E-state index in [9.17, 15) is 4.79 Å². The Morgan fingerprint density at radius 3 is 2.67 bits per heavy atom. The minimum absolute atomic E-state index is 0.145. The number of hydrogen-bond acceptors (Lipinski definition) is 1. The molecule has 0 aliphatic heterocycles. The fourth-order valence-corrected chi connectivity index (χ4v) is 2.66. The maximum atomic E-state index is 12.3. The van der Waals surface area contributed by atoms with Crippen molar-refractivity contribution < 1.29 is 4.79 Å². The average molecular weight is 266 g/mol. The van der Waals surface area contributed by atoms with Crippen LogP contribution in [-0.2, 0) is 10.2 Å². The molecular formula is C15H20ClNO. The number of carbonyl (C=O) groups is 1. The molecule has 98 valence electrons. The van der Waals surface area contributed by atoms with Crippen LogP contribution >= 0.6 is 11.6 Å². The molecule has 1 N–H and O–H groups in total. The lowest BCUT2D eigenvalue weighted by Crippen LogP contribution is -2.35. The molecule has 0 radical (unpaired) electrons. The second-order valence-corrected chi connectivity index (χ2v) is 5.43. The van der Waals surface area contributed by atoms with Gasteiger partial charge in [0.1, 0.15) is 0 Å². The number of carbonyl (C=O) groups excluding carboxylic acids is 1. The zero-order valence-electron chi connectivity index (χ0n) is 10.8. The molecule has 0 spiro atoms. The van der Waals surface area contributed by atoms with Crippen molar-refractivity contribution in [1.29, 1.82) is 0 Å². The summed E-state index contributed by atoms with van der Waals surface area (Å²) < 4.78 is 0. The molecule has 3 heteroatoms. The van der Waals surface area contributed by atoms with E-state index in [0.29, 0.717) is 5.02 Å². The zero-order chi connectivity index (χ0) is 13.0. The minimum Gasteiger partial charge on any atom is -0.355 e. The quantitative estimate of drug-likeness (QED) is 0.781. The average Bonchev–Trinajstić information content (AvgIpc) is 3.16. The Morgan fingerprint density at radius 2 is 2.06 bits per heavy atom. The van der Waals surface area contributed by atoms with Crippen LogP contribution in [0.4, 0.5) is 0 Å². The molecule has 0 saturated heterocycles. The standard InChI is InChI=1S/C15H20ClNO/c1-2-3-6-11-17-14(18)15(9-10-15)12-7-4-5-8-13(12)16/h4-5,7-8H,2-3,6,9-11H2,1H3,(H,17,18). The van der Waals surface area contributed by atoms with Gasteiger partial charge in [-0.25, -0.2) is 0 Å². The summed E-state index contributed by atoms with van der Waals surface area (Å²) in [4.78, 5) is 12.3. The second kappa shape index (κ2) is 5.75. The number of hydrogen-bond donors (Lipinski definition) is 1. The van der Waals surface area contributed by atoms with Gasteiger partial charge in [0.25, 0.3) is 0 Å². The summed E-state index contributed by atoms with van der Waals surface area (Å²) in [5, 5.41) is 3.76. The topological polar surface area (TPSA) is 29.1 Å². The van der Waals surface area contributed by atoms with Crippen molar-refractivity contribution in [2.75, 3.05) is 6.54 Å². The first-order chi connectivity index (χ1) is 8.70. The van der Waals surface area contributed by atoms with Crippen LogP contribution in [0.15, 0.2) is 24.3 Å². The third-order valence-electron chi connectivity index (χ3n) is 3.64. The van der Waals surface area contributed by atoms with E-state index in [1.807, 2.05) is 24.3 Å².